The molecule has 0 bridgehead atoms. The summed E-state index contributed by atoms with van der Waals surface area (Å²) in [5.41, 5.74) is 0.192. The molecular weight excluding hydrogens is 290 g/mol. The monoisotopic (exact) mass is 311 g/mol. The summed E-state index contributed by atoms with van der Waals surface area (Å²) in [6, 6.07) is 6.27. The van der Waals surface area contributed by atoms with Crippen LogP contribution in [0.3, 0.4) is 0 Å². The highest BCUT2D eigenvalue weighted by atomic mass is 32.2. The van der Waals surface area contributed by atoms with Crippen LogP contribution in [0.5, 0.6) is 0 Å². The van der Waals surface area contributed by atoms with E-state index >= 15 is 0 Å². The Morgan fingerprint density at radius 3 is 2.67 bits per heavy atom. The first kappa shape index (κ1) is 16.0. The third-order valence-corrected chi connectivity index (χ3v) is 5.70. The van der Waals surface area contributed by atoms with E-state index in [0.29, 0.717) is 13.0 Å². The molecule has 2 N–H and O–H groups in total. The van der Waals surface area contributed by atoms with Crippen molar-refractivity contribution in [1.82, 2.24) is 5.32 Å². The zero-order chi connectivity index (χ0) is 15.5. The Bertz CT molecular complexity index is 612. The highest BCUT2D eigenvalue weighted by Gasteiger charge is 2.24. The van der Waals surface area contributed by atoms with Crippen LogP contribution in [-0.4, -0.2) is 37.8 Å². The lowest BCUT2D eigenvalue weighted by molar-refractivity contribution is 0.0941. The van der Waals surface area contributed by atoms with Crippen LogP contribution in [0.25, 0.3) is 0 Å². The first-order valence-electron chi connectivity index (χ1n) is 7.22. The van der Waals surface area contributed by atoms with Crippen molar-refractivity contribution in [3.05, 3.63) is 29.8 Å². The summed E-state index contributed by atoms with van der Waals surface area (Å²) >= 11 is 0. The van der Waals surface area contributed by atoms with Crippen LogP contribution >= 0.6 is 0 Å². The van der Waals surface area contributed by atoms with Crippen LogP contribution in [0, 0.1) is 5.92 Å². The fourth-order valence-corrected chi connectivity index (χ4v) is 3.74. The van der Waals surface area contributed by atoms with Gasteiger partial charge >= 0.3 is 0 Å². The van der Waals surface area contributed by atoms with Crippen LogP contribution < -0.4 is 5.32 Å². The van der Waals surface area contributed by atoms with Gasteiger partial charge < -0.3 is 10.4 Å². The first-order valence-corrected chi connectivity index (χ1v) is 8.87. The largest absolute Gasteiger partial charge is 0.393 e. The summed E-state index contributed by atoms with van der Waals surface area (Å²) in [5, 5.41) is 12.3. The van der Waals surface area contributed by atoms with Gasteiger partial charge in [-0.1, -0.05) is 19.1 Å². The second-order valence-electron chi connectivity index (χ2n) is 5.44. The van der Waals surface area contributed by atoms with Gasteiger partial charge in [-0.2, -0.15) is 0 Å². The summed E-state index contributed by atoms with van der Waals surface area (Å²) in [6.45, 7) is 2.03. The molecular formula is C15H21NO4S. The minimum absolute atomic E-state index is 0.0356. The molecule has 2 unspecified atom stereocenters. The maximum Gasteiger partial charge on any atom is 0.252 e. The maximum absolute atomic E-state index is 12.2. The normalized spacial score (nSPS) is 22.2. The van der Waals surface area contributed by atoms with Gasteiger partial charge in [0.15, 0.2) is 9.84 Å². The molecule has 0 aromatic heterocycles. The lowest BCUT2D eigenvalue weighted by Crippen LogP contribution is -2.30. The van der Waals surface area contributed by atoms with Gasteiger partial charge in [0.05, 0.1) is 22.3 Å². The van der Waals surface area contributed by atoms with E-state index in [2.05, 4.69) is 5.32 Å². The molecule has 1 aromatic rings. The zero-order valence-corrected chi connectivity index (χ0v) is 12.9. The van der Waals surface area contributed by atoms with Gasteiger partial charge in [0.1, 0.15) is 0 Å². The topological polar surface area (TPSA) is 83.5 Å². The summed E-state index contributed by atoms with van der Waals surface area (Å²) in [7, 11) is -3.42. The number of sulfone groups is 1. The Morgan fingerprint density at radius 2 is 2.05 bits per heavy atom. The van der Waals surface area contributed by atoms with E-state index in [0.717, 1.165) is 12.8 Å². The van der Waals surface area contributed by atoms with E-state index in [9.17, 15) is 18.3 Å². The van der Waals surface area contributed by atoms with Crippen molar-refractivity contribution in [2.45, 2.75) is 37.2 Å². The minimum atomic E-state index is -3.42. The highest BCUT2D eigenvalue weighted by Crippen LogP contribution is 2.25. The molecule has 1 fully saturated rings. The molecule has 2 rings (SSSR count). The summed E-state index contributed by atoms with van der Waals surface area (Å²) in [6.07, 6.45) is 2.06. The van der Waals surface area contributed by atoms with Crippen molar-refractivity contribution in [3.63, 3.8) is 0 Å². The standard InChI is InChI=1S/C15H21NO4S/c1-2-21(19,20)14-6-4-3-5-13(14)15(18)16-10-11-7-8-12(17)9-11/h3-6,11-12,17H,2,7-10H2,1H3,(H,16,18). The van der Waals surface area contributed by atoms with Crippen molar-refractivity contribution < 1.29 is 18.3 Å². The lowest BCUT2D eigenvalue weighted by atomic mass is 10.1. The Kier molecular flexibility index (Phi) is 5.00. The summed E-state index contributed by atoms with van der Waals surface area (Å²) in [5.74, 6) is -0.144. The predicted molar refractivity (Wildman–Crippen MR) is 79.8 cm³/mol. The number of benzene rings is 1. The van der Waals surface area contributed by atoms with Crippen LogP contribution in [0.4, 0.5) is 0 Å². The summed E-state index contributed by atoms with van der Waals surface area (Å²) in [4.78, 5) is 12.3. The lowest BCUT2D eigenvalue weighted by Gasteiger charge is -2.13. The van der Waals surface area contributed by atoms with Gasteiger partial charge in [-0.25, -0.2) is 8.42 Å². The maximum atomic E-state index is 12.2. The molecule has 0 aliphatic heterocycles. The number of hydrogen-bond acceptors (Lipinski definition) is 4. The molecule has 1 saturated carbocycles. The number of aliphatic hydroxyl groups is 1. The van der Waals surface area contributed by atoms with Crippen LogP contribution in [0.1, 0.15) is 36.5 Å². The van der Waals surface area contributed by atoms with Crippen LogP contribution in [0.15, 0.2) is 29.2 Å². The van der Waals surface area contributed by atoms with Gasteiger partial charge in [-0.15, -0.1) is 0 Å². The predicted octanol–water partition coefficient (Wildman–Crippen LogP) is 1.37. The van der Waals surface area contributed by atoms with Crippen molar-refractivity contribution in [2.24, 2.45) is 5.92 Å². The van der Waals surface area contributed by atoms with E-state index in [4.69, 9.17) is 0 Å². The molecule has 116 valence electrons. The van der Waals surface area contributed by atoms with Crippen LogP contribution in [0.2, 0.25) is 0 Å². The average molecular weight is 311 g/mol. The van der Waals surface area contributed by atoms with E-state index in [1.54, 1.807) is 19.1 Å². The number of aliphatic hydroxyl groups excluding tert-OH is 1. The molecule has 0 saturated heterocycles. The van der Waals surface area contributed by atoms with Crippen LogP contribution in [-0.2, 0) is 9.84 Å². The summed E-state index contributed by atoms with van der Waals surface area (Å²) < 4.78 is 24.0. The molecule has 1 aliphatic carbocycles. The molecule has 0 radical (unpaired) electrons. The highest BCUT2D eigenvalue weighted by molar-refractivity contribution is 7.91. The second kappa shape index (κ2) is 6.58. The number of hydrogen-bond donors (Lipinski definition) is 2. The fraction of sp³-hybridized carbons (Fsp3) is 0.533. The Morgan fingerprint density at radius 1 is 1.33 bits per heavy atom. The van der Waals surface area contributed by atoms with Gasteiger partial charge in [0.2, 0.25) is 0 Å². The number of carbonyl (C=O) groups excluding carboxylic acids is 1. The molecule has 21 heavy (non-hydrogen) atoms. The molecule has 1 aromatic carbocycles. The average Bonchev–Trinajstić information content (AvgIpc) is 2.90. The molecule has 6 heteroatoms. The van der Waals surface area contributed by atoms with E-state index in [1.165, 1.54) is 12.1 Å². The number of carbonyl (C=O) groups is 1. The van der Waals surface area contributed by atoms with Gasteiger partial charge in [-0.05, 0) is 37.3 Å². The molecule has 1 aliphatic rings. The van der Waals surface area contributed by atoms with Crippen molar-refractivity contribution >= 4 is 15.7 Å². The third-order valence-electron chi connectivity index (χ3n) is 3.91. The zero-order valence-electron chi connectivity index (χ0n) is 12.1. The number of rotatable bonds is 5. The van der Waals surface area contributed by atoms with Crippen molar-refractivity contribution in [3.8, 4) is 0 Å². The van der Waals surface area contributed by atoms with Crippen molar-refractivity contribution in [1.29, 1.82) is 0 Å². The number of nitrogens with one attached hydrogen (secondary N) is 1. The smallest absolute Gasteiger partial charge is 0.252 e. The Hall–Kier alpha value is -1.40. The Balaban J connectivity index is 2.09. The quantitative estimate of drug-likeness (QED) is 0.860. The van der Waals surface area contributed by atoms with E-state index in [-0.39, 0.29) is 34.1 Å². The molecule has 2 atom stereocenters. The molecule has 0 heterocycles. The van der Waals surface area contributed by atoms with Gasteiger partial charge in [-0.3, -0.25) is 4.79 Å². The second-order valence-corrected chi connectivity index (χ2v) is 7.69. The third kappa shape index (κ3) is 3.83. The number of amides is 1. The molecule has 0 spiro atoms. The van der Waals surface area contributed by atoms with Gasteiger partial charge in [0, 0.05) is 6.54 Å². The SMILES string of the molecule is CCS(=O)(=O)c1ccccc1C(=O)NCC1CCC(O)C1. The Labute approximate surface area is 125 Å². The fourth-order valence-electron chi connectivity index (χ4n) is 2.65. The molecule has 5 nitrogen and oxygen atoms in total. The minimum Gasteiger partial charge on any atom is -0.393 e. The first-order chi connectivity index (χ1) is 9.94. The molecule has 1 amide bonds. The van der Waals surface area contributed by atoms with E-state index in [1.807, 2.05) is 0 Å². The van der Waals surface area contributed by atoms with Gasteiger partial charge in [0.25, 0.3) is 5.91 Å². The van der Waals surface area contributed by atoms with E-state index < -0.39 is 9.84 Å². The van der Waals surface area contributed by atoms with Crippen molar-refractivity contribution in [2.75, 3.05) is 12.3 Å².